The van der Waals surface area contributed by atoms with Crippen molar-refractivity contribution in [2.45, 2.75) is 80.4 Å². The van der Waals surface area contributed by atoms with Crippen LogP contribution >= 0.6 is 11.3 Å². The molecule has 5 heterocycles. The number of ether oxygens (including phenoxy) is 2. The number of fused-ring (bicyclic) bond motifs is 2. The predicted octanol–water partition coefficient (Wildman–Crippen LogP) is 4.95. The molecule has 20 heteroatoms. The predicted molar refractivity (Wildman–Crippen MR) is 255 cm³/mol. The van der Waals surface area contributed by atoms with Crippen LogP contribution in [-0.2, 0) is 37.3 Å². The number of allylic oxidation sites excluding steroid dienone is 2. The quantitative estimate of drug-likeness (QED) is 0.0524. The van der Waals surface area contributed by atoms with Gasteiger partial charge in [-0.2, -0.15) is 5.10 Å². The normalized spacial score (nSPS) is 13.3. The van der Waals surface area contributed by atoms with Gasteiger partial charge in [0.1, 0.15) is 38.9 Å². The van der Waals surface area contributed by atoms with Crippen molar-refractivity contribution in [3.63, 3.8) is 0 Å². The molecule has 0 unspecified atom stereocenters. The van der Waals surface area contributed by atoms with Gasteiger partial charge in [-0.25, -0.2) is 15.0 Å². The average molecular weight is 935 g/mol. The second-order valence-corrected chi connectivity index (χ2v) is 17.9. The molecule has 1 aliphatic heterocycles. The van der Waals surface area contributed by atoms with E-state index in [1.165, 1.54) is 18.4 Å². The number of nitrogens with zero attached hydrogens (tertiary/aromatic N) is 9. The summed E-state index contributed by atoms with van der Waals surface area (Å²) in [6, 6.07) is 8.04. The Morgan fingerprint density at radius 1 is 0.851 bits per heavy atom. The lowest BCUT2D eigenvalue weighted by molar-refractivity contribution is -0.136. The number of carbonyl (C=O) groups excluding carboxylic acids is 5. The monoisotopic (exact) mass is 934 g/mol. The number of piperazine rings is 1. The van der Waals surface area contributed by atoms with Crippen LogP contribution in [0.15, 0.2) is 42.5 Å². The molecule has 0 radical (unpaired) electrons. The van der Waals surface area contributed by atoms with Crippen LogP contribution in [0.5, 0.6) is 11.5 Å². The fourth-order valence-corrected chi connectivity index (χ4v) is 9.24. The van der Waals surface area contributed by atoms with Crippen molar-refractivity contribution in [2.75, 3.05) is 51.8 Å². The summed E-state index contributed by atoms with van der Waals surface area (Å²) in [4.78, 5) is 84.1. The lowest BCUT2D eigenvalue weighted by Gasteiger charge is -2.35. The summed E-state index contributed by atoms with van der Waals surface area (Å²) < 4.78 is 17.5. The van der Waals surface area contributed by atoms with Crippen molar-refractivity contribution in [1.29, 1.82) is 0 Å². The van der Waals surface area contributed by atoms with Gasteiger partial charge in [-0.3, -0.25) is 38.9 Å². The number of Topliss-reactive ketones (excluding diaryl/α,β-unsaturated/α-hetero) is 1. The van der Waals surface area contributed by atoms with Crippen molar-refractivity contribution in [3.05, 3.63) is 86.4 Å². The molecule has 0 bridgehead atoms. The van der Waals surface area contributed by atoms with E-state index in [1.54, 1.807) is 39.6 Å². The van der Waals surface area contributed by atoms with Crippen molar-refractivity contribution in [3.8, 4) is 11.5 Å². The molecule has 19 nitrogen and oxygen atoms in total. The molecule has 4 aromatic heterocycles. The van der Waals surface area contributed by atoms with E-state index in [0.29, 0.717) is 94.7 Å². The molecule has 4 amide bonds. The molecule has 7 rings (SSSR count). The van der Waals surface area contributed by atoms with E-state index >= 15 is 0 Å². The summed E-state index contributed by atoms with van der Waals surface area (Å²) in [5.41, 5.74) is 15.6. The molecule has 354 valence electrons. The Labute approximate surface area is 392 Å². The molecule has 0 saturated carbocycles. The van der Waals surface area contributed by atoms with Crippen molar-refractivity contribution in [1.82, 2.24) is 43.7 Å². The first-order valence-corrected chi connectivity index (χ1v) is 23.3. The van der Waals surface area contributed by atoms with Gasteiger partial charge in [-0.05, 0) is 63.9 Å². The highest BCUT2D eigenvalue weighted by atomic mass is 32.1. The van der Waals surface area contributed by atoms with Gasteiger partial charge in [0.2, 0.25) is 23.7 Å². The van der Waals surface area contributed by atoms with Crippen LogP contribution in [0.2, 0.25) is 0 Å². The zero-order chi connectivity index (χ0) is 48.1. The van der Waals surface area contributed by atoms with E-state index in [1.807, 2.05) is 63.2 Å². The van der Waals surface area contributed by atoms with Gasteiger partial charge in [0.05, 0.1) is 47.6 Å². The van der Waals surface area contributed by atoms with Crippen molar-refractivity contribution >= 4 is 68.8 Å². The van der Waals surface area contributed by atoms with Crippen LogP contribution in [0.1, 0.15) is 97.2 Å². The zero-order valence-corrected chi connectivity index (χ0v) is 39.9. The SMILES string of the molecule is CCc1nc(C)sc1C(=O)Nc1nc2cc(C(N)=O)cc(OCCCN3CCN(C(=O)C(C)C)CC3)c2n1C/C=C/Cn1c(CC(=O)c2cc(C)nn2CC)nc2cc(C(N)=O)cc(OC)c21. The first kappa shape index (κ1) is 48.0. The number of benzene rings is 2. The molecular formula is C47H58N12O7S. The number of imidazole rings is 2. The molecule has 2 aromatic carbocycles. The summed E-state index contributed by atoms with van der Waals surface area (Å²) in [7, 11) is 1.48. The van der Waals surface area contributed by atoms with Gasteiger partial charge in [0.15, 0.2) is 5.78 Å². The maximum Gasteiger partial charge on any atom is 0.269 e. The number of carbonyl (C=O) groups is 5. The topological polar surface area (TPSA) is 241 Å². The highest BCUT2D eigenvalue weighted by Crippen LogP contribution is 2.33. The Bertz CT molecular complexity index is 2880. The molecule has 0 aliphatic carbocycles. The summed E-state index contributed by atoms with van der Waals surface area (Å²) in [5.74, 6) is -0.405. The molecule has 0 spiro atoms. The van der Waals surface area contributed by atoms with E-state index in [4.69, 9.17) is 30.9 Å². The number of anilines is 1. The van der Waals surface area contributed by atoms with Gasteiger partial charge in [0.25, 0.3) is 5.91 Å². The number of hydrogen-bond donors (Lipinski definition) is 3. The van der Waals surface area contributed by atoms with E-state index in [2.05, 4.69) is 20.3 Å². The van der Waals surface area contributed by atoms with Crippen LogP contribution < -0.4 is 26.3 Å². The Balaban J connectivity index is 1.21. The van der Waals surface area contributed by atoms with Gasteiger partial charge < -0.3 is 35.0 Å². The number of aryl methyl sites for hydroxylation is 4. The standard InChI is InChI=1S/C47H58N12O7S/c1-8-32-42(67-29(6)50-32)45(63)53-47-52-34-23-31(44(49)62)25-38(66-20-12-13-55-16-18-56(19-17-55)46(64)27(3)4)41(34)58(47)15-11-10-14-57-39(26-36(60)35-21-28(5)54-59(35)9-2)51-33-22-30(43(48)61)24-37(65-7)40(33)57/h10-11,21-25,27H,8-9,12-20,26H2,1-7H3,(H2,48,61)(H2,49,62)(H,52,53,63)/b11-10+. The maximum absolute atomic E-state index is 13.9. The zero-order valence-electron chi connectivity index (χ0n) is 39.0. The van der Waals surface area contributed by atoms with E-state index in [0.717, 1.165) is 30.3 Å². The molecule has 6 aromatic rings. The maximum atomic E-state index is 13.9. The third-order valence-corrected chi connectivity index (χ3v) is 12.7. The first-order valence-electron chi connectivity index (χ1n) is 22.5. The largest absolute Gasteiger partial charge is 0.494 e. The minimum absolute atomic E-state index is 0.0424. The van der Waals surface area contributed by atoms with Crippen molar-refractivity contribution < 1.29 is 33.4 Å². The minimum atomic E-state index is -0.664. The number of aromatic nitrogens is 7. The number of amides is 4. The molecule has 1 fully saturated rings. The van der Waals surface area contributed by atoms with Crippen LogP contribution in [0.4, 0.5) is 5.95 Å². The number of primary amides is 2. The Morgan fingerprint density at radius 3 is 2.12 bits per heavy atom. The number of methoxy groups -OCH3 is 1. The van der Waals surface area contributed by atoms with Gasteiger partial charge >= 0.3 is 0 Å². The van der Waals surface area contributed by atoms with Crippen molar-refractivity contribution in [2.24, 2.45) is 17.4 Å². The second-order valence-electron chi connectivity index (χ2n) is 16.7. The summed E-state index contributed by atoms with van der Waals surface area (Å²) in [5, 5.41) is 8.21. The van der Waals surface area contributed by atoms with E-state index in [-0.39, 0.29) is 60.1 Å². The molecule has 5 N–H and O–H groups in total. The number of nitrogens with two attached hydrogens (primary N) is 2. The third kappa shape index (κ3) is 10.5. The van der Waals surface area contributed by atoms with Gasteiger partial charge in [0, 0.05) is 69.4 Å². The molecule has 0 atom stereocenters. The molecule has 1 saturated heterocycles. The highest BCUT2D eigenvalue weighted by molar-refractivity contribution is 7.13. The van der Waals surface area contributed by atoms with E-state index < -0.39 is 11.8 Å². The van der Waals surface area contributed by atoms with Crippen LogP contribution in [0, 0.1) is 19.8 Å². The Kier molecular flexibility index (Phi) is 14.8. The molecular weight excluding hydrogens is 877 g/mol. The lowest BCUT2D eigenvalue weighted by atomic mass is 10.1. The van der Waals surface area contributed by atoms with Gasteiger partial charge in [-0.1, -0.05) is 32.9 Å². The number of rotatable bonds is 20. The third-order valence-electron chi connectivity index (χ3n) is 11.7. The minimum Gasteiger partial charge on any atom is -0.494 e. The lowest BCUT2D eigenvalue weighted by Crippen LogP contribution is -2.50. The smallest absolute Gasteiger partial charge is 0.269 e. The fraction of sp³-hybridized carbons (Fsp3) is 0.426. The summed E-state index contributed by atoms with van der Waals surface area (Å²) in [6.45, 7) is 16.2. The van der Waals surface area contributed by atoms with Gasteiger partial charge in [-0.15, -0.1) is 11.3 Å². The molecule has 1 aliphatic rings. The van der Waals surface area contributed by atoms with Crippen LogP contribution in [-0.4, -0.2) is 120 Å². The Morgan fingerprint density at radius 2 is 1.49 bits per heavy atom. The number of thiazole rings is 1. The van der Waals surface area contributed by atoms with Crippen LogP contribution in [0.3, 0.4) is 0 Å². The Hall–Kier alpha value is -6.93. The van der Waals surface area contributed by atoms with E-state index in [9.17, 15) is 24.0 Å². The first-order chi connectivity index (χ1) is 32.1. The molecule has 67 heavy (non-hydrogen) atoms. The number of hydrogen-bond acceptors (Lipinski definition) is 13. The average Bonchev–Trinajstić information content (AvgIpc) is 4.07. The highest BCUT2D eigenvalue weighted by Gasteiger charge is 2.26. The summed E-state index contributed by atoms with van der Waals surface area (Å²) in [6.07, 6.45) is 4.93. The van der Waals surface area contributed by atoms with Crippen LogP contribution in [0.25, 0.3) is 22.1 Å². The summed E-state index contributed by atoms with van der Waals surface area (Å²) >= 11 is 1.29. The number of nitrogens with one attached hydrogen (secondary N) is 1. The number of ketones is 1. The fourth-order valence-electron chi connectivity index (χ4n) is 8.34. The second kappa shape index (κ2) is 20.7.